The van der Waals surface area contributed by atoms with Crippen LogP contribution in [-0.4, -0.2) is 31.9 Å². The number of thioether (sulfide) groups is 1. The molecule has 0 aliphatic carbocycles. The van der Waals surface area contributed by atoms with Gasteiger partial charge in [-0.05, 0) is 78.2 Å². The topological polar surface area (TPSA) is 72.7 Å². The van der Waals surface area contributed by atoms with E-state index in [9.17, 15) is 4.79 Å². The van der Waals surface area contributed by atoms with E-state index in [-0.39, 0.29) is 11.7 Å². The summed E-state index contributed by atoms with van der Waals surface area (Å²) in [7, 11) is 0. The Kier molecular flexibility index (Phi) is 5.58. The molecular weight excluding hydrogens is 370 g/mol. The predicted octanol–water partition coefficient (Wildman–Crippen LogP) is 3.97. The maximum absolute atomic E-state index is 12.3. The van der Waals surface area contributed by atoms with Crippen molar-refractivity contribution in [2.24, 2.45) is 0 Å². The number of amides is 1. The Morgan fingerprint density at radius 3 is 2.58 bits per heavy atom. The molecule has 0 spiro atoms. The smallest absolute Gasteiger partial charge is 0.234 e. The summed E-state index contributed by atoms with van der Waals surface area (Å²) in [4.78, 5) is 12.3. The van der Waals surface area contributed by atoms with Crippen molar-refractivity contribution < 1.29 is 4.79 Å². The van der Waals surface area contributed by atoms with Gasteiger partial charge in [-0.1, -0.05) is 29.4 Å². The van der Waals surface area contributed by atoms with Crippen molar-refractivity contribution in [3.8, 4) is 5.69 Å². The second-order valence-corrected chi connectivity index (χ2v) is 7.39. The van der Waals surface area contributed by atoms with Crippen LogP contribution in [0.1, 0.15) is 16.7 Å². The first-order valence-corrected chi connectivity index (χ1v) is 9.34. The third-order valence-corrected chi connectivity index (χ3v) is 4.84. The molecule has 26 heavy (non-hydrogen) atoms. The Morgan fingerprint density at radius 2 is 1.88 bits per heavy atom. The Labute approximate surface area is 160 Å². The minimum atomic E-state index is -0.129. The van der Waals surface area contributed by atoms with Crippen LogP contribution in [0.4, 0.5) is 5.69 Å². The van der Waals surface area contributed by atoms with Crippen LogP contribution >= 0.6 is 23.4 Å². The van der Waals surface area contributed by atoms with E-state index in [4.69, 9.17) is 11.6 Å². The summed E-state index contributed by atoms with van der Waals surface area (Å²) >= 11 is 7.22. The molecule has 0 unspecified atom stereocenters. The van der Waals surface area contributed by atoms with Crippen molar-refractivity contribution in [2.45, 2.75) is 25.9 Å². The van der Waals surface area contributed by atoms with E-state index >= 15 is 0 Å². The van der Waals surface area contributed by atoms with Crippen LogP contribution in [0.5, 0.6) is 0 Å². The monoisotopic (exact) mass is 387 g/mol. The molecule has 3 rings (SSSR count). The van der Waals surface area contributed by atoms with E-state index in [1.54, 1.807) is 16.8 Å². The zero-order valence-electron chi connectivity index (χ0n) is 14.7. The van der Waals surface area contributed by atoms with Gasteiger partial charge in [-0.15, -0.1) is 5.10 Å². The molecule has 6 nitrogen and oxygen atoms in total. The van der Waals surface area contributed by atoms with Crippen LogP contribution in [0.15, 0.2) is 41.6 Å². The second-order valence-electron chi connectivity index (χ2n) is 6.02. The van der Waals surface area contributed by atoms with Gasteiger partial charge in [0.05, 0.1) is 11.4 Å². The lowest BCUT2D eigenvalue weighted by molar-refractivity contribution is -0.113. The fourth-order valence-electron chi connectivity index (χ4n) is 2.59. The van der Waals surface area contributed by atoms with Crippen molar-refractivity contribution in [2.75, 3.05) is 11.1 Å². The SMILES string of the molecule is Cc1cc(C)cc(-n2nnnc2SCC(=O)Nc2ccc(Cl)cc2C)c1. The van der Waals surface area contributed by atoms with Gasteiger partial charge >= 0.3 is 0 Å². The fraction of sp³-hybridized carbons (Fsp3) is 0.222. The van der Waals surface area contributed by atoms with Gasteiger partial charge < -0.3 is 5.32 Å². The van der Waals surface area contributed by atoms with Gasteiger partial charge in [-0.25, -0.2) is 0 Å². The van der Waals surface area contributed by atoms with Gasteiger partial charge in [-0.3, -0.25) is 4.79 Å². The highest BCUT2D eigenvalue weighted by Crippen LogP contribution is 2.22. The summed E-state index contributed by atoms with van der Waals surface area (Å²) in [5, 5.41) is 15.9. The highest BCUT2D eigenvalue weighted by atomic mass is 35.5. The van der Waals surface area contributed by atoms with E-state index in [1.165, 1.54) is 11.8 Å². The summed E-state index contributed by atoms with van der Waals surface area (Å²) < 4.78 is 1.64. The van der Waals surface area contributed by atoms with E-state index in [2.05, 4.69) is 26.9 Å². The average molecular weight is 388 g/mol. The standard InChI is InChI=1S/C18H18ClN5OS/c1-11-6-12(2)8-15(7-11)24-18(21-22-23-24)26-10-17(25)20-16-5-4-14(19)9-13(16)3/h4-9H,10H2,1-3H3,(H,20,25). The first-order chi connectivity index (χ1) is 12.4. The fourth-order valence-corrected chi connectivity index (χ4v) is 3.51. The Hall–Kier alpha value is -2.38. The molecule has 1 heterocycles. The molecule has 0 atom stereocenters. The Morgan fingerprint density at radius 1 is 1.15 bits per heavy atom. The van der Waals surface area contributed by atoms with Crippen LogP contribution in [0, 0.1) is 20.8 Å². The third-order valence-electron chi connectivity index (χ3n) is 3.69. The maximum Gasteiger partial charge on any atom is 0.234 e. The summed E-state index contributed by atoms with van der Waals surface area (Å²) in [5.74, 6) is 0.0724. The van der Waals surface area contributed by atoms with Crippen LogP contribution in [0.2, 0.25) is 5.02 Å². The lowest BCUT2D eigenvalue weighted by Gasteiger charge is -2.09. The molecule has 1 amide bonds. The van der Waals surface area contributed by atoms with Crippen molar-refractivity contribution >= 4 is 35.0 Å². The molecule has 3 aromatic rings. The molecule has 0 aliphatic heterocycles. The molecule has 1 N–H and O–H groups in total. The van der Waals surface area contributed by atoms with Gasteiger partial charge in [0.2, 0.25) is 11.1 Å². The average Bonchev–Trinajstić information content (AvgIpc) is 3.03. The normalized spacial score (nSPS) is 10.8. The number of nitrogens with one attached hydrogen (secondary N) is 1. The van der Waals surface area contributed by atoms with Crippen LogP contribution in [0.25, 0.3) is 5.69 Å². The summed E-state index contributed by atoms with van der Waals surface area (Å²) in [5.41, 5.74) is 4.79. The first kappa shape index (κ1) is 18.4. The lowest BCUT2D eigenvalue weighted by Crippen LogP contribution is -2.15. The molecule has 0 bridgehead atoms. The van der Waals surface area contributed by atoms with E-state index in [1.807, 2.05) is 39.0 Å². The number of carbonyl (C=O) groups excluding carboxylic acids is 1. The Balaban J connectivity index is 1.69. The van der Waals surface area contributed by atoms with Crippen molar-refractivity contribution in [3.63, 3.8) is 0 Å². The molecule has 0 saturated carbocycles. The zero-order chi connectivity index (χ0) is 18.7. The number of carbonyl (C=O) groups is 1. The number of anilines is 1. The highest BCUT2D eigenvalue weighted by Gasteiger charge is 2.13. The van der Waals surface area contributed by atoms with Crippen molar-refractivity contribution in [1.29, 1.82) is 0 Å². The number of tetrazole rings is 1. The number of rotatable bonds is 5. The summed E-state index contributed by atoms with van der Waals surface area (Å²) in [6, 6.07) is 11.4. The Bertz CT molecular complexity index is 936. The third kappa shape index (κ3) is 4.42. The molecule has 0 aliphatic rings. The second kappa shape index (κ2) is 7.88. The van der Waals surface area contributed by atoms with Crippen LogP contribution in [-0.2, 0) is 4.79 Å². The van der Waals surface area contributed by atoms with Gasteiger partial charge in [0.1, 0.15) is 0 Å². The molecule has 134 valence electrons. The van der Waals surface area contributed by atoms with Crippen LogP contribution in [0.3, 0.4) is 0 Å². The number of hydrogen-bond donors (Lipinski definition) is 1. The number of nitrogens with zero attached hydrogens (tertiary/aromatic N) is 4. The molecule has 0 saturated heterocycles. The summed E-state index contributed by atoms with van der Waals surface area (Å²) in [6.07, 6.45) is 0. The van der Waals surface area contributed by atoms with E-state index in [0.717, 1.165) is 28.1 Å². The molecule has 8 heteroatoms. The lowest BCUT2D eigenvalue weighted by atomic mass is 10.1. The number of aryl methyl sites for hydroxylation is 3. The van der Waals surface area contributed by atoms with Crippen molar-refractivity contribution in [1.82, 2.24) is 20.2 Å². The quantitative estimate of drug-likeness (QED) is 0.670. The van der Waals surface area contributed by atoms with Gasteiger partial charge in [0.25, 0.3) is 0 Å². The largest absolute Gasteiger partial charge is 0.325 e. The highest BCUT2D eigenvalue weighted by molar-refractivity contribution is 7.99. The van der Waals surface area contributed by atoms with E-state index < -0.39 is 0 Å². The van der Waals surface area contributed by atoms with Gasteiger partial charge in [0, 0.05) is 10.7 Å². The van der Waals surface area contributed by atoms with Crippen LogP contribution < -0.4 is 5.32 Å². The number of benzene rings is 2. The molecule has 0 radical (unpaired) electrons. The molecule has 2 aromatic carbocycles. The number of halogens is 1. The number of hydrogen-bond acceptors (Lipinski definition) is 5. The maximum atomic E-state index is 12.3. The predicted molar refractivity (Wildman–Crippen MR) is 104 cm³/mol. The van der Waals surface area contributed by atoms with Gasteiger partial charge in [0.15, 0.2) is 0 Å². The van der Waals surface area contributed by atoms with Gasteiger partial charge in [-0.2, -0.15) is 4.68 Å². The molecule has 0 fully saturated rings. The minimum Gasteiger partial charge on any atom is -0.325 e. The molecular formula is C18H18ClN5OS. The minimum absolute atomic E-state index is 0.129. The van der Waals surface area contributed by atoms with E-state index in [0.29, 0.717) is 10.2 Å². The number of aromatic nitrogens is 4. The van der Waals surface area contributed by atoms with Crippen molar-refractivity contribution in [3.05, 3.63) is 58.1 Å². The zero-order valence-corrected chi connectivity index (χ0v) is 16.2. The molecule has 1 aromatic heterocycles. The summed E-state index contributed by atoms with van der Waals surface area (Å²) in [6.45, 7) is 5.94. The first-order valence-electron chi connectivity index (χ1n) is 7.98.